The molecular weight excluding hydrogens is 338 g/mol. The molecule has 1 heterocycles. The molecule has 0 spiro atoms. The van der Waals surface area contributed by atoms with Gasteiger partial charge in [0.15, 0.2) is 0 Å². The number of halogens is 1. The fourth-order valence-electron chi connectivity index (χ4n) is 2.33. The van der Waals surface area contributed by atoms with Gasteiger partial charge in [0.1, 0.15) is 0 Å². The lowest BCUT2D eigenvalue weighted by molar-refractivity contribution is -0.159. The summed E-state index contributed by atoms with van der Waals surface area (Å²) in [5.41, 5.74) is 0.974. The minimum Gasteiger partial charge on any atom is -0.473 e. The molecule has 0 radical (unpaired) electrons. The number of rotatable bonds is 3. The van der Waals surface area contributed by atoms with Gasteiger partial charge in [-0.25, -0.2) is 9.59 Å². The second kappa shape index (κ2) is 9.24. The molecule has 0 amide bonds. The molecule has 7 nitrogen and oxygen atoms in total. The van der Waals surface area contributed by atoms with Crippen LogP contribution in [-0.4, -0.2) is 40.8 Å². The zero-order valence-electron chi connectivity index (χ0n) is 13.4. The Hall–Kier alpha value is -2.12. The topological polar surface area (TPSA) is 113 Å². The van der Waals surface area contributed by atoms with Gasteiger partial charge in [-0.15, -0.1) is 0 Å². The SMILES string of the molecule is CC(C)OC(=O)C1CCNC1c1ccccc1Cl.O=C(O)C(=O)O. The van der Waals surface area contributed by atoms with E-state index in [1.807, 2.05) is 38.1 Å². The average molecular weight is 358 g/mol. The quantitative estimate of drug-likeness (QED) is 0.560. The highest BCUT2D eigenvalue weighted by Crippen LogP contribution is 2.34. The van der Waals surface area contributed by atoms with Gasteiger partial charge in [-0.1, -0.05) is 29.8 Å². The first kappa shape index (κ1) is 19.9. The van der Waals surface area contributed by atoms with Crippen molar-refractivity contribution in [2.75, 3.05) is 6.54 Å². The molecule has 1 saturated heterocycles. The summed E-state index contributed by atoms with van der Waals surface area (Å²) < 4.78 is 5.30. The lowest BCUT2D eigenvalue weighted by Gasteiger charge is -2.21. The second-order valence-electron chi connectivity index (χ2n) is 5.44. The molecule has 1 aliphatic rings. The van der Waals surface area contributed by atoms with Crippen LogP contribution in [-0.2, 0) is 19.1 Å². The van der Waals surface area contributed by atoms with Gasteiger partial charge in [-0.05, 0) is 38.4 Å². The van der Waals surface area contributed by atoms with Crippen LogP contribution >= 0.6 is 11.6 Å². The summed E-state index contributed by atoms with van der Waals surface area (Å²) in [4.78, 5) is 30.2. The third kappa shape index (κ3) is 5.82. The molecule has 3 N–H and O–H groups in total. The zero-order chi connectivity index (χ0) is 18.3. The minimum atomic E-state index is -1.82. The van der Waals surface area contributed by atoms with Crippen LogP contribution in [0.4, 0.5) is 0 Å². The molecule has 0 saturated carbocycles. The lowest BCUT2D eigenvalue weighted by Crippen LogP contribution is -2.27. The Morgan fingerprint density at radius 2 is 1.79 bits per heavy atom. The highest BCUT2D eigenvalue weighted by Gasteiger charge is 2.36. The largest absolute Gasteiger partial charge is 0.473 e. The van der Waals surface area contributed by atoms with E-state index in [2.05, 4.69) is 5.32 Å². The standard InChI is InChI=1S/C14H18ClNO2.C2H2O4/c1-9(2)18-14(17)11-7-8-16-13(11)10-5-3-4-6-12(10)15;3-1(4)2(5)6/h3-6,9,11,13,16H,7-8H2,1-2H3;(H,3,4)(H,5,6). The van der Waals surface area contributed by atoms with Gasteiger partial charge in [-0.2, -0.15) is 0 Å². The number of carbonyl (C=O) groups is 3. The molecule has 1 fully saturated rings. The van der Waals surface area contributed by atoms with Gasteiger partial charge in [-0.3, -0.25) is 4.79 Å². The van der Waals surface area contributed by atoms with Crippen LogP contribution in [0.25, 0.3) is 0 Å². The number of hydrogen-bond acceptors (Lipinski definition) is 5. The lowest BCUT2D eigenvalue weighted by atomic mass is 9.94. The van der Waals surface area contributed by atoms with Crippen LogP contribution < -0.4 is 5.32 Å². The molecule has 132 valence electrons. The number of ether oxygens (including phenoxy) is 1. The van der Waals surface area contributed by atoms with Crippen molar-refractivity contribution in [2.45, 2.75) is 32.4 Å². The monoisotopic (exact) mass is 357 g/mol. The van der Waals surface area contributed by atoms with Gasteiger partial charge < -0.3 is 20.3 Å². The summed E-state index contributed by atoms with van der Waals surface area (Å²) in [5, 5.41) is 18.8. The van der Waals surface area contributed by atoms with E-state index in [0.717, 1.165) is 18.5 Å². The van der Waals surface area contributed by atoms with Crippen molar-refractivity contribution in [1.82, 2.24) is 5.32 Å². The van der Waals surface area contributed by atoms with Crippen molar-refractivity contribution in [1.29, 1.82) is 0 Å². The summed E-state index contributed by atoms with van der Waals surface area (Å²) in [6.45, 7) is 4.54. The maximum atomic E-state index is 12.0. The number of carboxylic acid groups (broad SMARTS) is 2. The number of hydrogen-bond donors (Lipinski definition) is 3. The molecule has 2 atom stereocenters. The Morgan fingerprint density at radius 3 is 2.29 bits per heavy atom. The molecule has 0 aromatic heterocycles. The fraction of sp³-hybridized carbons (Fsp3) is 0.438. The smallest absolute Gasteiger partial charge is 0.414 e. The van der Waals surface area contributed by atoms with Crippen LogP contribution in [0.5, 0.6) is 0 Å². The van der Waals surface area contributed by atoms with E-state index < -0.39 is 11.9 Å². The van der Waals surface area contributed by atoms with Crippen molar-refractivity contribution in [3.05, 3.63) is 34.9 Å². The highest BCUT2D eigenvalue weighted by atomic mass is 35.5. The number of nitrogens with one attached hydrogen (secondary N) is 1. The number of benzene rings is 1. The number of carboxylic acids is 2. The second-order valence-corrected chi connectivity index (χ2v) is 5.85. The van der Waals surface area contributed by atoms with Crippen molar-refractivity contribution in [2.24, 2.45) is 5.92 Å². The molecular formula is C16H20ClNO6. The Morgan fingerprint density at radius 1 is 1.21 bits per heavy atom. The van der Waals surface area contributed by atoms with E-state index in [1.54, 1.807) is 0 Å². The van der Waals surface area contributed by atoms with E-state index >= 15 is 0 Å². The molecule has 1 aromatic carbocycles. The maximum Gasteiger partial charge on any atom is 0.414 e. The van der Waals surface area contributed by atoms with Gasteiger partial charge >= 0.3 is 17.9 Å². The number of aliphatic carboxylic acids is 2. The molecule has 0 aliphatic carbocycles. The Balaban J connectivity index is 0.000000413. The third-order valence-electron chi connectivity index (χ3n) is 3.30. The summed E-state index contributed by atoms with van der Waals surface area (Å²) in [7, 11) is 0. The van der Waals surface area contributed by atoms with Crippen molar-refractivity contribution >= 4 is 29.5 Å². The van der Waals surface area contributed by atoms with Gasteiger partial charge in [0.2, 0.25) is 0 Å². The summed E-state index contributed by atoms with van der Waals surface area (Å²) in [6.07, 6.45) is 0.714. The maximum absolute atomic E-state index is 12.0. The summed E-state index contributed by atoms with van der Waals surface area (Å²) >= 11 is 6.19. The highest BCUT2D eigenvalue weighted by molar-refractivity contribution is 6.31. The van der Waals surface area contributed by atoms with Crippen LogP contribution in [0, 0.1) is 5.92 Å². The van der Waals surface area contributed by atoms with Crippen molar-refractivity contribution < 1.29 is 29.3 Å². The number of carbonyl (C=O) groups excluding carboxylic acids is 1. The third-order valence-corrected chi connectivity index (χ3v) is 3.64. The van der Waals surface area contributed by atoms with Crippen LogP contribution in [0.3, 0.4) is 0 Å². The first-order chi connectivity index (χ1) is 11.2. The Kier molecular flexibility index (Phi) is 7.67. The van der Waals surface area contributed by atoms with Crippen LogP contribution in [0.1, 0.15) is 31.9 Å². The molecule has 24 heavy (non-hydrogen) atoms. The predicted molar refractivity (Wildman–Crippen MR) is 86.8 cm³/mol. The molecule has 2 unspecified atom stereocenters. The first-order valence-corrected chi connectivity index (χ1v) is 7.76. The van der Waals surface area contributed by atoms with Crippen LogP contribution in [0.15, 0.2) is 24.3 Å². The fourth-order valence-corrected chi connectivity index (χ4v) is 2.58. The Labute approximate surface area is 144 Å². The van der Waals surface area contributed by atoms with E-state index in [1.165, 1.54) is 0 Å². The minimum absolute atomic E-state index is 0.0371. The van der Waals surface area contributed by atoms with Crippen LogP contribution in [0.2, 0.25) is 5.02 Å². The zero-order valence-corrected chi connectivity index (χ0v) is 14.1. The van der Waals surface area contributed by atoms with Gasteiger partial charge in [0.25, 0.3) is 0 Å². The van der Waals surface area contributed by atoms with E-state index in [0.29, 0.717) is 5.02 Å². The van der Waals surface area contributed by atoms with E-state index in [4.69, 9.17) is 36.1 Å². The number of esters is 1. The van der Waals surface area contributed by atoms with Gasteiger partial charge in [0, 0.05) is 11.1 Å². The Bertz CT molecular complexity index is 592. The average Bonchev–Trinajstić information content (AvgIpc) is 2.97. The predicted octanol–water partition coefficient (Wildman–Crippen LogP) is 2.10. The summed E-state index contributed by atoms with van der Waals surface area (Å²) in [5.74, 6) is -3.93. The first-order valence-electron chi connectivity index (χ1n) is 7.38. The molecule has 1 aliphatic heterocycles. The molecule has 0 bridgehead atoms. The van der Waals surface area contributed by atoms with E-state index in [9.17, 15) is 4.79 Å². The van der Waals surface area contributed by atoms with Gasteiger partial charge in [0.05, 0.1) is 12.0 Å². The molecule has 8 heteroatoms. The summed E-state index contributed by atoms with van der Waals surface area (Å²) in [6, 6.07) is 7.60. The normalized spacial score (nSPS) is 19.3. The molecule has 2 rings (SSSR count). The van der Waals surface area contributed by atoms with Crippen molar-refractivity contribution in [3.8, 4) is 0 Å². The van der Waals surface area contributed by atoms with Crippen molar-refractivity contribution in [3.63, 3.8) is 0 Å². The van der Waals surface area contributed by atoms with E-state index in [-0.39, 0.29) is 24.0 Å². The molecule has 1 aromatic rings.